The Morgan fingerprint density at radius 2 is 1.68 bits per heavy atom. The van der Waals surface area contributed by atoms with Gasteiger partial charge in [0.05, 0.1) is 7.11 Å². The van der Waals surface area contributed by atoms with Crippen molar-refractivity contribution in [1.29, 1.82) is 5.41 Å². The summed E-state index contributed by atoms with van der Waals surface area (Å²) in [5.74, 6) is 1.76. The quantitative estimate of drug-likeness (QED) is 0.663. The van der Waals surface area contributed by atoms with Crippen LogP contribution in [0.2, 0.25) is 0 Å². The highest BCUT2D eigenvalue weighted by atomic mass is 16.5. The Bertz CT molecular complexity index is 588. The van der Waals surface area contributed by atoms with E-state index in [9.17, 15) is 0 Å². The zero-order chi connectivity index (χ0) is 13.8. The number of benzene rings is 2. The minimum atomic E-state index is 0.151. The second kappa shape index (κ2) is 5.57. The summed E-state index contributed by atoms with van der Waals surface area (Å²) in [4.78, 5) is 0. The van der Waals surface area contributed by atoms with E-state index in [2.05, 4.69) is 6.07 Å². The second-order valence-corrected chi connectivity index (χ2v) is 4.43. The van der Waals surface area contributed by atoms with Gasteiger partial charge in [0.25, 0.3) is 0 Å². The molecule has 0 aliphatic carbocycles. The molecule has 2 aromatic carbocycles. The van der Waals surface area contributed by atoms with Gasteiger partial charge in [0.2, 0.25) is 5.90 Å². The fraction of sp³-hybridized carbons (Fsp3) is 0.188. The highest BCUT2D eigenvalue weighted by molar-refractivity contribution is 5.91. The van der Waals surface area contributed by atoms with E-state index in [0.717, 1.165) is 22.6 Å². The maximum atomic E-state index is 7.57. The van der Waals surface area contributed by atoms with Crippen LogP contribution in [-0.4, -0.2) is 13.0 Å². The highest BCUT2D eigenvalue weighted by Crippen LogP contribution is 2.26. The fourth-order valence-electron chi connectivity index (χ4n) is 1.74. The molecule has 2 rings (SSSR count). The Kier molecular flexibility index (Phi) is 3.85. The van der Waals surface area contributed by atoms with E-state index < -0.39 is 0 Å². The number of methoxy groups -OCH3 is 1. The first kappa shape index (κ1) is 13.1. The van der Waals surface area contributed by atoms with Crippen molar-refractivity contribution in [2.45, 2.75) is 13.8 Å². The third-order valence-electron chi connectivity index (χ3n) is 2.89. The molecule has 0 spiro atoms. The first-order valence-corrected chi connectivity index (χ1v) is 6.08. The van der Waals surface area contributed by atoms with Crippen LogP contribution >= 0.6 is 0 Å². The minimum absolute atomic E-state index is 0.151. The standard InChI is InChI=1S/C16H17NO2/c1-11-4-5-12(2)15(10-11)19-14-8-6-13(7-9-14)16(17)18-3/h4-10,17H,1-3H3. The smallest absolute Gasteiger partial charge is 0.212 e. The first-order chi connectivity index (χ1) is 9.10. The van der Waals surface area contributed by atoms with Crippen LogP contribution in [0.25, 0.3) is 0 Å². The van der Waals surface area contributed by atoms with Crippen molar-refractivity contribution in [2.24, 2.45) is 0 Å². The van der Waals surface area contributed by atoms with Gasteiger partial charge in [-0.15, -0.1) is 0 Å². The zero-order valence-corrected chi connectivity index (χ0v) is 11.4. The van der Waals surface area contributed by atoms with E-state index in [1.807, 2.05) is 50.2 Å². The first-order valence-electron chi connectivity index (χ1n) is 6.08. The van der Waals surface area contributed by atoms with Crippen molar-refractivity contribution in [1.82, 2.24) is 0 Å². The third-order valence-corrected chi connectivity index (χ3v) is 2.89. The van der Waals surface area contributed by atoms with Crippen molar-refractivity contribution in [3.8, 4) is 11.5 Å². The Hall–Kier alpha value is -2.29. The summed E-state index contributed by atoms with van der Waals surface area (Å²) in [6, 6.07) is 13.4. The van der Waals surface area contributed by atoms with Crippen LogP contribution in [0.5, 0.6) is 11.5 Å². The van der Waals surface area contributed by atoms with Crippen LogP contribution in [0.4, 0.5) is 0 Å². The van der Waals surface area contributed by atoms with E-state index in [4.69, 9.17) is 14.9 Å². The lowest BCUT2D eigenvalue weighted by molar-refractivity contribution is 0.401. The zero-order valence-electron chi connectivity index (χ0n) is 11.4. The maximum Gasteiger partial charge on any atom is 0.212 e. The third kappa shape index (κ3) is 3.13. The topological polar surface area (TPSA) is 42.3 Å². The van der Waals surface area contributed by atoms with Crippen LogP contribution < -0.4 is 4.74 Å². The summed E-state index contributed by atoms with van der Waals surface area (Å²) < 4.78 is 10.7. The van der Waals surface area contributed by atoms with E-state index in [0.29, 0.717) is 0 Å². The summed E-state index contributed by atoms with van der Waals surface area (Å²) in [5.41, 5.74) is 2.99. The molecule has 1 N–H and O–H groups in total. The van der Waals surface area contributed by atoms with Gasteiger partial charge >= 0.3 is 0 Å². The van der Waals surface area contributed by atoms with Gasteiger partial charge in [-0.05, 0) is 55.3 Å². The van der Waals surface area contributed by atoms with Gasteiger partial charge < -0.3 is 9.47 Å². The van der Waals surface area contributed by atoms with E-state index >= 15 is 0 Å². The van der Waals surface area contributed by atoms with Gasteiger partial charge in [0.15, 0.2) is 0 Å². The molecule has 0 heterocycles. The summed E-state index contributed by atoms with van der Waals surface area (Å²) in [6.07, 6.45) is 0. The van der Waals surface area contributed by atoms with Crippen LogP contribution in [0.15, 0.2) is 42.5 Å². The number of rotatable bonds is 3. The molecule has 0 unspecified atom stereocenters. The fourth-order valence-corrected chi connectivity index (χ4v) is 1.74. The second-order valence-electron chi connectivity index (χ2n) is 4.43. The molecule has 3 heteroatoms. The molecule has 19 heavy (non-hydrogen) atoms. The average Bonchev–Trinajstić information content (AvgIpc) is 2.43. The Labute approximate surface area is 113 Å². The normalized spacial score (nSPS) is 10.1. The van der Waals surface area contributed by atoms with E-state index in [1.54, 1.807) is 0 Å². The predicted molar refractivity (Wildman–Crippen MR) is 76.3 cm³/mol. The molecule has 3 nitrogen and oxygen atoms in total. The monoisotopic (exact) mass is 255 g/mol. The largest absolute Gasteiger partial charge is 0.481 e. The molecule has 0 aromatic heterocycles. The summed E-state index contributed by atoms with van der Waals surface area (Å²) >= 11 is 0. The number of hydrogen-bond donors (Lipinski definition) is 1. The van der Waals surface area contributed by atoms with Crippen LogP contribution in [0, 0.1) is 19.3 Å². The van der Waals surface area contributed by atoms with E-state index in [1.165, 1.54) is 12.7 Å². The molecule has 0 aliphatic heterocycles. The summed E-state index contributed by atoms with van der Waals surface area (Å²) in [5, 5.41) is 7.57. The number of ether oxygens (including phenoxy) is 2. The van der Waals surface area contributed by atoms with Crippen LogP contribution in [0.1, 0.15) is 16.7 Å². The molecule has 98 valence electrons. The summed E-state index contributed by atoms with van der Waals surface area (Å²) in [6.45, 7) is 4.05. The molecular formula is C16H17NO2. The Morgan fingerprint density at radius 3 is 2.32 bits per heavy atom. The van der Waals surface area contributed by atoms with Crippen LogP contribution in [-0.2, 0) is 4.74 Å². The minimum Gasteiger partial charge on any atom is -0.481 e. The Morgan fingerprint density at radius 1 is 1.00 bits per heavy atom. The van der Waals surface area contributed by atoms with Gasteiger partial charge in [0, 0.05) is 5.56 Å². The average molecular weight is 255 g/mol. The molecule has 0 amide bonds. The van der Waals surface area contributed by atoms with Crippen LogP contribution in [0.3, 0.4) is 0 Å². The predicted octanol–water partition coefficient (Wildman–Crippen LogP) is 4.07. The molecule has 0 radical (unpaired) electrons. The molecular weight excluding hydrogens is 238 g/mol. The lowest BCUT2D eigenvalue weighted by Gasteiger charge is -2.10. The van der Waals surface area contributed by atoms with Gasteiger partial charge in [-0.25, -0.2) is 0 Å². The highest BCUT2D eigenvalue weighted by Gasteiger charge is 2.04. The molecule has 2 aromatic rings. The van der Waals surface area contributed by atoms with Gasteiger partial charge in [-0.3, -0.25) is 5.41 Å². The van der Waals surface area contributed by atoms with Crippen molar-refractivity contribution in [3.63, 3.8) is 0 Å². The lowest BCUT2D eigenvalue weighted by atomic mass is 10.1. The molecule has 0 fully saturated rings. The van der Waals surface area contributed by atoms with Crippen molar-refractivity contribution in [2.75, 3.05) is 7.11 Å². The van der Waals surface area contributed by atoms with Crippen molar-refractivity contribution < 1.29 is 9.47 Å². The molecule has 0 aliphatic rings. The number of nitrogens with one attached hydrogen (secondary N) is 1. The number of aryl methyl sites for hydroxylation is 2. The maximum absolute atomic E-state index is 7.57. The lowest BCUT2D eigenvalue weighted by Crippen LogP contribution is -2.00. The number of hydrogen-bond acceptors (Lipinski definition) is 3. The van der Waals surface area contributed by atoms with E-state index in [-0.39, 0.29) is 5.90 Å². The SMILES string of the molecule is COC(=N)c1ccc(Oc2cc(C)ccc2C)cc1. The molecule has 0 saturated carbocycles. The molecule has 0 saturated heterocycles. The van der Waals surface area contributed by atoms with Gasteiger partial charge in [-0.2, -0.15) is 0 Å². The van der Waals surface area contributed by atoms with Crippen molar-refractivity contribution >= 4 is 5.90 Å². The molecule has 0 bridgehead atoms. The van der Waals surface area contributed by atoms with Crippen molar-refractivity contribution in [3.05, 3.63) is 59.2 Å². The van der Waals surface area contributed by atoms with Gasteiger partial charge in [-0.1, -0.05) is 12.1 Å². The Balaban J connectivity index is 2.19. The molecule has 0 atom stereocenters. The summed E-state index contributed by atoms with van der Waals surface area (Å²) in [7, 11) is 1.49. The van der Waals surface area contributed by atoms with Gasteiger partial charge in [0.1, 0.15) is 11.5 Å².